The number of rotatable bonds is 37. The maximum absolute atomic E-state index is 12.8. The van der Waals surface area contributed by atoms with E-state index in [1.54, 1.807) is 0 Å². The molecule has 0 aliphatic heterocycles. The van der Waals surface area contributed by atoms with Crippen molar-refractivity contribution in [2.75, 3.05) is 40.9 Å². The molecular formula is C43H82N2O6P+. The third-order valence-corrected chi connectivity index (χ3v) is 10.1. The first-order valence-electron chi connectivity index (χ1n) is 21.0. The molecule has 0 aliphatic rings. The number of carbonyl (C=O) groups is 1. The van der Waals surface area contributed by atoms with E-state index in [1.807, 2.05) is 21.1 Å². The average Bonchev–Trinajstić information content (AvgIpc) is 3.09. The molecule has 1 amide bonds. The highest BCUT2D eigenvalue weighted by Crippen LogP contribution is 2.43. The predicted octanol–water partition coefficient (Wildman–Crippen LogP) is 11.3. The number of phosphoric acid groups is 1. The van der Waals surface area contributed by atoms with Gasteiger partial charge < -0.3 is 19.8 Å². The molecule has 0 bridgehead atoms. The first-order valence-corrected chi connectivity index (χ1v) is 22.5. The van der Waals surface area contributed by atoms with Gasteiger partial charge in [0.2, 0.25) is 5.91 Å². The second-order valence-electron chi connectivity index (χ2n) is 15.3. The molecule has 9 heteroatoms. The van der Waals surface area contributed by atoms with Crippen molar-refractivity contribution in [3.63, 3.8) is 0 Å². The molecule has 52 heavy (non-hydrogen) atoms. The van der Waals surface area contributed by atoms with Crippen LogP contribution in [0.15, 0.2) is 48.6 Å². The van der Waals surface area contributed by atoms with E-state index < -0.39 is 20.0 Å². The van der Waals surface area contributed by atoms with Crippen LogP contribution in [0.5, 0.6) is 0 Å². The summed E-state index contributed by atoms with van der Waals surface area (Å²) >= 11 is 0. The average molecular weight is 754 g/mol. The van der Waals surface area contributed by atoms with Gasteiger partial charge in [-0.05, 0) is 51.4 Å². The topological polar surface area (TPSA) is 105 Å². The fourth-order valence-corrected chi connectivity index (χ4v) is 6.48. The molecule has 3 atom stereocenters. The van der Waals surface area contributed by atoms with Crippen LogP contribution in [0.3, 0.4) is 0 Å². The summed E-state index contributed by atoms with van der Waals surface area (Å²) in [6.45, 7) is 4.70. The van der Waals surface area contributed by atoms with Crippen LogP contribution in [0.1, 0.15) is 168 Å². The van der Waals surface area contributed by atoms with E-state index in [4.69, 9.17) is 9.05 Å². The number of nitrogens with zero attached hydrogens (tertiary/aromatic N) is 1. The van der Waals surface area contributed by atoms with Crippen molar-refractivity contribution < 1.29 is 32.9 Å². The highest BCUT2D eigenvalue weighted by molar-refractivity contribution is 7.47. The molecule has 0 aromatic carbocycles. The normalized spacial score (nSPS) is 15.0. The number of nitrogens with one attached hydrogen (secondary N) is 1. The van der Waals surface area contributed by atoms with Gasteiger partial charge in [-0.15, -0.1) is 0 Å². The quantitative estimate of drug-likeness (QED) is 0.0252. The molecule has 0 heterocycles. The summed E-state index contributed by atoms with van der Waals surface area (Å²) < 4.78 is 23.5. The number of hydrogen-bond donors (Lipinski definition) is 3. The Labute approximate surface area is 320 Å². The number of allylic oxidation sites excluding steroid dienone is 8. The van der Waals surface area contributed by atoms with Crippen molar-refractivity contribution in [1.82, 2.24) is 5.32 Å². The van der Waals surface area contributed by atoms with Gasteiger partial charge in [-0.3, -0.25) is 13.8 Å². The monoisotopic (exact) mass is 754 g/mol. The third kappa shape index (κ3) is 36.8. The van der Waals surface area contributed by atoms with Crippen molar-refractivity contribution in [2.24, 2.45) is 0 Å². The zero-order valence-corrected chi connectivity index (χ0v) is 35.2. The molecule has 0 spiro atoms. The molecule has 0 aliphatic carbocycles. The van der Waals surface area contributed by atoms with Crippen molar-refractivity contribution in [3.05, 3.63) is 48.6 Å². The Hall–Kier alpha value is -1.54. The van der Waals surface area contributed by atoms with Crippen LogP contribution in [-0.4, -0.2) is 73.4 Å². The van der Waals surface area contributed by atoms with Crippen LogP contribution >= 0.6 is 7.82 Å². The molecule has 304 valence electrons. The molecule has 0 aromatic heterocycles. The Kier molecular flexibility index (Phi) is 34.1. The summed E-state index contributed by atoms with van der Waals surface area (Å²) in [5, 5.41) is 13.8. The van der Waals surface area contributed by atoms with Crippen LogP contribution in [0.25, 0.3) is 0 Å². The second kappa shape index (κ2) is 35.2. The highest BCUT2D eigenvalue weighted by atomic mass is 31.2. The number of unbranched alkanes of at least 4 members (excludes halogenated alkanes) is 16. The van der Waals surface area contributed by atoms with Crippen molar-refractivity contribution in [3.8, 4) is 0 Å². The fraction of sp³-hybridized carbons (Fsp3) is 0.791. The minimum atomic E-state index is -4.30. The van der Waals surface area contributed by atoms with Gasteiger partial charge in [0, 0.05) is 6.42 Å². The Morgan fingerprint density at radius 2 is 1.15 bits per heavy atom. The fourth-order valence-electron chi connectivity index (χ4n) is 5.74. The number of aliphatic hydroxyl groups is 1. The predicted molar refractivity (Wildman–Crippen MR) is 221 cm³/mol. The third-order valence-electron chi connectivity index (χ3n) is 9.09. The summed E-state index contributed by atoms with van der Waals surface area (Å²) in [7, 11) is 1.60. The van der Waals surface area contributed by atoms with Crippen molar-refractivity contribution in [2.45, 2.75) is 180 Å². The van der Waals surface area contributed by atoms with Gasteiger partial charge in [0.15, 0.2) is 0 Å². The summed E-state index contributed by atoms with van der Waals surface area (Å²) in [5.41, 5.74) is 0. The SMILES string of the molecule is CC/C=C\C/C=C\C/C=C\C/C=C\CCCCCCCCCCCCC(=O)NC(COP(=O)(O)OCC[N+](C)(C)C)C(O)CCCCCCCCC. The van der Waals surface area contributed by atoms with Crippen LogP contribution < -0.4 is 5.32 Å². The van der Waals surface area contributed by atoms with E-state index >= 15 is 0 Å². The molecule has 0 fully saturated rings. The minimum absolute atomic E-state index is 0.0716. The van der Waals surface area contributed by atoms with E-state index in [-0.39, 0.29) is 19.1 Å². The van der Waals surface area contributed by atoms with Crippen LogP contribution in [0, 0.1) is 0 Å². The number of quaternary nitrogens is 1. The number of aliphatic hydroxyl groups excluding tert-OH is 1. The first kappa shape index (κ1) is 50.5. The van der Waals surface area contributed by atoms with Gasteiger partial charge in [-0.1, -0.05) is 159 Å². The molecule has 0 saturated carbocycles. The van der Waals surface area contributed by atoms with Gasteiger partial charge >= 0.3 is 7.82 Å². The van der Waals surface area contributed by atoms with E-state index in [1.165, 1.54) is 77.0 Å². The van der Waals surface area contributed by atoms with Gasteiger partial charge in [-0.25, -0.2) is 4.57 Å². The van der Waals surface area contributed by atoms with Crippen LogP contribution in [-0.2, 0) is 18.4 Å². The Balaban J connectivity index is 4.18. The Bertz CT molecular complexity index is 991. The van der Waals surface area contributed by atoms with Gasteiger partial charge in [0.1, 0.15) is 13.2 Å². The second-order valence-corrected chi connectivity index (χ2v) is 16.8. The molecule has 8 nitrogen and oxygen atoms in total. The zero-order valence-electron chi connectivity index (χ0n) is 34.3. The Morgan fingerprint density at radius 1 is 0.673 bits per heavy atom. The highest BCUT2D eigenvalue weighted by Gasteiger charge is 2.28. The largest absolute Gasteiger partial charge is 0.472 e. The standard InChI is InChI=1S/C43H81N2O6P/c1-6-8-10-12-14-15-16-17-18-19-20-21-22-23-24-25-26-27-28-29-31-33-35-37-43(47)44-41(42(46)36-34-32-30-13-11-9-7-2)40-51-52(48,49)50-39-38-45(3,4)5/h8,10,14-15,17-18,20-21,41-42,46H,6-7,9,11-13,16,19,22-40H2,1-5H3,(H-,44,47,48,49)/p+1/b10-8-,15-14-,18-17-,21-20-. The lowest BCUT2D eigenvalue weighted by atomic mass is 10.0. The lowest BCUT2D eigenvalue weighted by Gasteiger charge is -2.26. The van der Waals surface area contributed by atoms with Gasteiger partial charge in [-0.2, -0.15) is 0 Å². The number of carbonyl (C=O) groups excluding carboxylic acids is 1. The summed E-state index contributed by atoms with van der Waals surface area (Å²) in [6.07, 6.45) is 43.0. The van der Waals surface area contributed by atoms with Crippen LogP contribution in [0.4, 0.5) is 0 Å². The molecule has 3 unspecified atom stereocenters. The smallest absolute Gasteiger partial charge is 0.391 e. The van der Waals surface area contributed by atoms with E-state index in [0.717, 1.165) is 64.2 Å². The maximum Gasteiger partial charge on any atom is 0.472 e. The molecule has 0 saturated heterocycles. The zero-order chi connectivity index (χ0) is 38.6. The number of likely N-dealkylation sites (N-methyl/N-ethyl adjacent to an activating group) is 1. The lowest BCUT2D eigenvalue weighted by Crippen LogP contribution is -2.46. The molecule has 0 rings (SSSR count). The van der Waals surface area contributed by atoms with E-state index in [2.05, 4.69) is 67.8 Å². The van der Waals surface area contributed by atoms with Crippen molar-refractivity contribution >= 4 is 13.7 Å². The molecule has 0 aromatic rings. The summed E-state index contributed by atoms with van der Waals surface area (Å²) in [5.74, 6) is -0.156. The number of phosphoric ester groups is 1. The minimum Gasteiger partial charge on any atom is -0.391 e. The first-order chi connectivity index (χ1) is 25.0. The summed E-state index contributed by atoms with van der Waals surface area (Å²) in [6, 6.07) is -0.760. The van der Waals surface area contributed by atoms with Gasteiger partial charge in [0.05, 0.1) is 39.9 Å². The molecule has 3 N–H and O–H groups in total. The maximum atomic E-state index is 12.8. The number of amides is 1. The van der Waals surface area contributed by atoms with E-state index in [0.29, 0.717) is 23.9 Å². The lowest BCUT2D eigenvalue weighted by molar-refractivity contribution is -0.870. The summed E-state index contributed by atoms with van der Waals surface area (Å²) in [4.78, 5) is 23.0. The van der Waals surface area contributed by atoms with Gasteiger partial charge in [0.25, 0.3) is 0 Å². The molecule has 0 radical (unpaired) electrons. The Morgan fingerprint density at radius 3 is 1.69 bits per heavy atom. The van der Waals surface area contributed by atoms with Crippen LogP contribution in [0.2, 0.25) is 0 Å². The van der Waals surface area contributed by atoms with Crippen molar-refractivity contribution in [1.29, 1.82) is 0 Å². The van der Waals surface area contributed by atoms with E-state index in [9.17, 15) is 19.4 Å². The number of hydrogen-bond acceptors (Lipinski definition) is 5. The molecular weight excluding hydrogens is 671 g/mol.